The lowest BCUT2D eigenvalue weighted by Gasteiger charge is -2.08. The molecule has 0 fully saturated rings. The van der Waals surface area contributed by atoms with E-state index >= 15 is 0 Å². The van der Waals surface area contributed by atoms with Gasteiger partial charge in [-0.3, -0.25) is 14.2 Å². The molecule has 0 unspecified atom stereocenters. The quantitative estimate of drug-likeness (QED) is 0.671. The van der Waals surface area contributed by atoms with Crippen molar-refractivity contribution in [3.8, 4) is 5.75 Å². The van der Waals surface area contributed by atoms with E-state index in [4.69, 9.17) is 4.74 Å². The third kappa shape index (κ3) is 3.11. The summed E-state index contributed by atoms with van der Waals surface area (Å²) >= 11 is 0. The van der Waals surface area contributed by atoms with Crippen LogP contribution < -0.4 is 4.74 Å². The molecule has 2 rings (SSSR count). The number of carbonyl (C=O) groups is 2. The van der Waals surface area contributed by atoms with Crippen LogP contribution in [-0.4, -0.2) is 28.7 Å². The molecule has 1 heterocycles. The minimum Gasteiger partial charge on any atom is -0.497 e. The number of fused-ring (bicyclic) bond motifs is 1. The van der Waals surface area contributed by atoms with Crippen molar-refractivity contribution in [2.45, 2.75) is 27.2 Å². The van der Waals surface area contributed by atoms with Crippen molar-refractivity contribution in [3.63, 3.8) is 0 Å². The molecule has 0 amide bonds. The zero-order valence-corrected chi connectivity index (χ0v) is 14.3. The monoisotopic (exact) mass is 327 g/mol. The zero-order chi connectivity index (χ0) is 17.9. The second-order valence-electron chi connectivity index (χ2n) is 5.40. The molecule has 0 saturated carbocycles. The standard InChI is InChI=1S/C19H21NO4/c1-5-7-13(6-2)19(23)20-12(3)15(11-18(21)22)16-10-14(24-4)8-9-17(16)20/h5-10H,11H2,1-4H3,(H,21,22)/b7-5-,13-6+. The Kier molecular flexibility index (Phi) is 5.24. The fourth-order valence-corrected chi connectivity index (χ4v) is 2.83. The number of methoxy groups -OCH3 is 1. The lowest BCUT2D eigenvalue weighted by Crippen LogP contribution is -2.14. The molecule has 0 aliphatic heterocycles. The Bertz CT molecular complexity index is 856. The minimum atomic E-state index is -0.938. The molecule has 24 heavy (non-hydrogen) atoms. The number of aromatic nitrogens is 1. The normalized spacial score (nSPS) is 12.1. The summed E-state index contributed by atoms with van der Waals surface area (Å²) in [6.45, 7) is 5.42. The molecule has 2 aromatic rings. The Morgan fingerprint density at radius 3 is 2.54 bits per heavy atom. The van der Waals surface area contributed by atoms with Crippen LogP contribution in [0, 0.1) is 6.92 Å². The second-order valence-corrected chi connectivity index (χ2v) is 5.40. The van der Waals surface area contributed by atoms with Gasteiger partial charge in [0.05, 0.1) is 19.0 Å². The van der Waals surface area contributed by atoms with E-state index in [2.05, 4.69) is 0 Å². The maximum Gasteiger partial charge on any atom is 0.307 e. The summed E-state index contributed by atoms with van der Waals surface area (Å²) in [5, 5.41) is 9.94. The summed E-state index contributed by atoms with van der Waals surface area (Å²) in [6, 6.07) is 5.32. The highest BCUT2D eigenvalue weighted by molar-refractivity contribution is 6.06. The van der Waals surface area contributed by atoms with Crippen molar-refractivity contribution in [2.75, 3.05) is 7.11 Å². The van der Waals surface area contributed by atoms with Gasteiger partial charge in [0.2, 0.25) is 0 Å². The first-order chi connectivity index (χ1) is 11.4. The van der Waals surface area contributed by atoms with Crippen molar-refractivity contribution in [1.82, 2.24) is 4.57 Å². The van der Waals surface area contributed by atoms with Gasteiger partial charge in [0, 0.05) is 16.7 Å². The third-order valence-electron chi connectivity index (χ3n) is 3.98. The lowest BCUT2D eigenvalue weighted by molar-refractivity contribution is -0.136. The summed E-state index contributed by atoms with van der Waals surface area (Å²) in [7, 11) is 1.55. The molecular weight excluding hydrogens is 306 g/mol. The number of hydrogen-bond donors (Lipinski definition) is 1. The van der Waals surface area contributed by atoms with Gasteiger partial charge in [-0.15, -0.1) is 0 Å². The van der Waals surface area contributed by atoms with Gasteiger partial charge in [0.25, 0.3) is 5.91 Å². The summed E-state index contributed by atoms with van der Waals surface area (Å²) in [5.41, 5.74) is 2.49. The number of allylic oxidation sites excluding steroid dienone is 4. The molecule has 5 nitrogen and oxygen atoms in total. The van der Waals surface area contributed by atoms with E-state index in [0.29, 0.717) is 28.1 Å². The summed E-state index contributed by atoms with van der Waals surface area (Å²) in [6.07, 6.45) is 5.14. The fourth-order valence-electron chi connectivity index (χ4n) is 2.83. The van der Waals surface area contributed by atoms with Crippen LogP contribution in [0.25, 0.3) is 10.9 Å². The highest BCUT2D eigenvalue weighted by Gasteiger charge is 2.21. The molecule has 0 bridgehead atoms. The molecule has 0 radical (unpaired) electrons. The van der Waals surface area contributed by atoms with Gasteiger partial charge in [-0.25, -0.2) is 0 Å². The van der Waals surface area contributed by atoms with Crippen molar-refractivity contribution in [3.05, 3.63) is 53.3 Å². The van der Waals surface area contributed by atoms with Crippen LogP contribution in [0.15, 0.2) is 42.0 Å². The van der Waals surface area contributed by atoms with Gasteiger partial charge >= 0.3 is 5.97 Å². The summed E-state index contributed by atoms with van der Waals surface area (Å²) in [4.78, 5) is 24.2. The number of ether oxygens (including phenoxy) is 1. The number of rotatable bonds is 5. The van der Waals surface area contributed by atoms with Crippen molar-refractivity contribution >= 4 is 22.8 Å². The highest BCUT2D eigenvalue weighted by Crippen LogP contribution is 2.30. The average Bonchev–Trinajstić information content (AvgIpc) is 2.83. The molecule has 0 aliphatic carbocycles. The lowest BCUT2D eigenvalue weighted by atomic mass is 10.1. The topological polar surface area (TPSA) is 68.5 Å². The Labute approximate surface area is 140 Å². The first-order valence-corrected chi connectivity index (χ1v) is 7.68. The van der Waals surface area contributed by atoms with Crippen molar-refractivity contribution in [1.29, 1.82) is 0 Å². The summed E-state index contributed by atoms with van der Waals surface area (Å²) in [5.74, 6) is -0.495. The molecule has 0 aliphatic rings. The zero-order valence-electron chi connectivity index (χ0n) is 14.3. The Balaban J connectivity index is 2.76. The number of nitrogens with zero attached hydrogens (tertiary/aromatic N) is 1. The van der Waals surface area contributed by atoms with E-state index in [0.717, 1.165) is 5.39 Å². The molecule has 126 valence electrons. The molecule has 5 heteroatoms. The number of aliphatic carboxylic acids is 1. The van der Waals surface area contributed by atoms with Gasteiger partial charge < -0.3 is 9.84 Å². The van der Waals surface area contributed by atoms with E-state index in [1.54, 1.807) is 62.0 Å². The van der Waals surface area contributed by atoms with Crippen molar-refractivity contribution in [2.24, 2.45) is 0 Å². The summed E-state index contributed by atoms with van der Waals surface area (Å²) < 4.78 is 6.81. The van der Waals surface area contributed by atoms with Crippen LogP contribution in [0.1, 0.15) is 29.9 Å². The average molecular weight is 327 g/mol. The number of carboxylic acid groups (broad SMARTS) is 1. The number of carbonyl (C=O) groups excluding carboxylic acids is 1. The predicted molar refractivity (Wildman–Crippen MR) is 93.8 cm³/mol. The molecule has 0 spiro atoms. The van der Waals surface area contributed by atoms with Crippen LogP contribution in [-0.2, 0) is 11.2 Å². The molecule has 1 aromatic carbocycles. The minimum absolute atomic E-state index is 0.148. The second kappa shape index (κ2) is 7.17. The van der Waals surface area contributed by atoms with E-state index in [9.17, 15) is 14.7 Å². The largest absolute Gasteiger partial charge is 0.497 e. The maximum atomic E-state index is 12.9. The molecule has 0 saturated heterocycles. The first-order valence-electron chi connectivity index (χ1n) is 7.68. The van der Waals surface area contributed by atoms with Gasteiger partial charge in [0.15, 0.2) is 0 Å². The Morgan fingerprint density at radius 1 is 1.29 bits per heavy atom. The van der Waals surface area contributed by atoms with Crippen molar-refractivity contribution < 1.29 is 19.4 Å². The Hall–Kier alpha value is -2.82. The molecule has 1 aromatic heterocycles. The number of carboxylic acids is 1. The predicted octanol–water partition coefficient (Wildman–Crippen LogP) is 3.75. The van der Waals surface area contributed by atoms with E-state index in [-0.39, 0.29) is 12.3 Å². The van der Waals surface area contributed by atoms with Crippen LogP contribution >= 0.6 is 0 Å². The van der Waals surface area contributed by atoms with Crippen LogP contribution in [0.3, 0.4) is 0 Å². The van der Waals surface area contributed by atoms with Gasteiger partial charge in [-0.2, -0.15) is 0 Å². The molecular formula is C19H21NO4. The number of hydrogen-bond acceptors (Lipinski definition) is 3. The van der Waals surface area contributed by atoms with E-state index in [1.807, 2.05) is 6.92 Å². The van der Waals surface area contributed by atoms with E-state index < -0.39 is 5.97 Å². The molecule has 0 atom stereocenters. The highest BCUT2D eigenvalue weighted by atomic mass is 16.5. The third-order valence-corrected chi connectivity index (χ3v) is 3.98. The SMILES string of the molecule is C/C=C\C(=C/C)C(=O)n1c(C)c(CC(=O)O)c2cc(OC)ccc21. The number of benzene rings is 1. The van der Waals surface area contributed by atoms with Gasteiger partial charge in [-0.1, -0.05) is 18.2 Å². The van der Waals surface area contributed by atoms with Crippen LogP contribution in [0.4, 0.5) is 0 Å². The van der Waals surface area contributed by atoms with Crippen LogP contribution in [0.5, 0.6) is 5.75 Å². The van der Waals surface area contributed by atoms with Gasteiger partial charge in [0.1, 0.15) is 5.75 Å². The smallest absolute Gasteiger partial charge is 0.307 e. The Morgan fingerprint density at radius 2 is 2.00 bits per heavy atom. The van der Waals surface area contributed by atoms with E-state index in [1.165, 1.54) is 0 Å². The maximum absolute atomic E-state index is 12.9. The van der Waals surface area contributed by atoms with Gasteiger partial charge in [-0.05, 0) is 44.5 Å². The van der Waals surface area contributed by atoms with Crippen LogP contribution in [0.2, 0.25) is 0 Å². The molecule has 1 N–H and O–H groups in total. The first kappa shape index (κ1) is 17.5. The fraction of sp³-hybridized carbons (Fsp3) is 0.263.